The van der Waals surface area contributed by atoms with Crippen LogP contribution in [0, 0.1) is 6.92 Å². The highest BCUT2D eigenvalue weighted by atomic mass is 32.2. The molecule has 0 saturated carbocycles. The lowest BCUT2D eigenvalue weighted by atomic mass is 10.2. The van der Waals surface area contributed by atoms with Crippen molar-refractivity contribution in [2.24, 2.45) is 0 Å². The van der Waals surface area contributed by atoms with Crippen LogP contribution in [-0.4, -0.2) is 27.4 Å². The van der Waals surface area contributed by atoms with Crippen molar-refractivity contribution < 1.29 is 9.59 Å². The van der Waals surface area contributed by atoms with Gasteiger partial charge < -0.3 is 10.3 Å². The quantitative estimate of drug-likeness (QED) is 0.500. The van der Waals surface area contributed by atoms with Crippen LogP contribution in [0.25, 0.3) is 0 Å². The van der Waals surface area contributed by atoms with E-state index < -0.39 is 5.69 Å². The Hall–Kier alpha value is -2.41. The Balaban J connectivity index is 2.10. The number of H-pyrrole nitrogens is 1. The zero-order chi connectivity index (χ0) is 16.1. The highest BCUT2D eigenvalue weighted by Crippen LogP contribution is 2.21. The minimum absolute atomic E-state index is 0.0606. The minimum Gasteiger partial charge on any atom is -0.325 e. The number of nitrogens with zero attached hydrogens (tertiary/aromatic N) is 1. The third-order valence-electron chi connectivity index (χ3n) is 2.84. The molecule has 2 N–H and O–H groups in total. The Morgan fingerprint density at radius 3 is 2.59 bits per heavy atom. The summed E-state index contributed by atoms with van der Waals surface area (Å²) in [6.45, 7) is 3.03. The summed E-state index contributed by atoms with van der Waals surface area (Å²) < 4.78 is 0. The van der Waals surface area contributed by atoms with Gasteiger partial charge in [-0.1, -0.05) is 30.0 Å². The van der Waals surface area contributed by atoms with Crippen LogP contribution < -0.4 is 11.0 Å². The van der Waals surface area contributed by atoms with E-state index in [4.69, 9.17) is 0 Å². The fraction of sp³-hybridized carbons (Fsp3) is 0.200. The summed E-state index contributed by atoms with van der Waals surface area (Å²) in [6.07, 6.45) is 0. The summed E-state index contributed by atoms with van der Waals surface area (Å²) in [6, 6.07) is 9.04. The van der Waals surface area contributed by atoms with Gasteiger partial charge in [0.05, 0.1) is 11.3 Å². The number of aromatic amines is 1. The van der Waals surface area contributed by atoms with Gasteiger partial charge in [0.25, 0.3) is 0 Å². The van der Waals surface area contributed by atoms with E-state index in [0.29, 0.717) is 16.9 Å². The van der Waals surface area contributed by atoms with Crippen LogP contribution in [0.2, 0.25) is 0 Å². The second kappa shape index (κ2) is 7.04. The number of Topliss-reactive ketones (excluding diaryl/α,β-unsaturated/α-hetero) is 1. The number of ketones is 1. The van der Waals surface area contributed by atoms with Crippen LogP contribution in [0.15, 0.2) is 40.2 Å². The van der Waals surface area contributed by atoms with E-state index in [1.54, 1.807) is 19.1 Å². The fourth-order valence-electron chi connectivity index (χ4n) is 1.93. The van der Waals surface area contributed by atoms with Crippen molar-refractivity contribution in [2.75, 3.05) is 11.1 Å². The maximum atomic E-state index is 11.9. The van der Waals surface area contributed by atoms with E-state index in [-0.39, 0.29) is 22.5 Å². The highest BCUT2D eigenvalue weighted by Gasteiger charge is 2.15. The average molecular weight is 317 g/mol. The molecule has 0 atom stereocenters. The largest absolute Gasteiger partial charge is 0.346 e. The molecule has 7 heteroatoms. The maximum Gasteiger partial charge on any atom is 0.346 e. The molecule has 1 amide bonds. The van der Waals surface area contributed by atoms with Crippen molar-refractivity contribution in [3.05, 3.63) is 52.1 Å². The molecule has 0 aliphatic heterocycles. The number of para-hydroxylation sites is 1. The van der Waals surface area contributed by atoms with Gasteiger partial charge in [0.1, 0.15) is 5.03 Å². The molecule has 0 fully saturated rings. The number of rotatable bonds is 5. The molecule has 0 aliphatic rings. The van der Waals surface area contributed by atoms with E-state index in [0.717, 1.165) is 11.8 Å². The highest BCUT2D eigenvalue weighted by molar-refractivity contribution is 8.00. The number of hydrogen-bond acceptors (Lipinski definition) is 5. The van der Waals surface area contributed by atoms with E-state index in [1.165, 1.54) is 6.92 Å². The molecule has 0 bridgehead atoms. The molecule has 1 heterocycles. The van der Waals surface area contributed by atoms with Crippen molar-refractivity contribution in [3.63, 3.8) is 0 Å². The number of amides is 1. The molecule has 6 nitrogen and oxygen atoms in total. The van der Waals surface area contributed by atoms with Crippen LogP contribution in [0.1, 0.15) is 23.0 Å². The van der Waals surface area contributed by atoms with Gasteiger partial charge in [-0.2, -0.15) is 4.98 Å². The summed E-state index contributed by atoms with van der Waals surface area (Å²) in [5.74, 6) is -0.372. The van der Waals surface area contributed by atoms with Crippen molar-refractivity contribution in [1.29, 1.82) is 0 Å². The van der Waals surface area contributed by atoms with Gasteiger partial charge in [-0.25, -0.2) is 4.79 Å². The number of carbonyl (C=O) groups excluding carboxylic acids is 2. The van der Waals surface area contributed by atoms with Crippen LogP contribution in [-0.2, 0) is 4.79 Å². The molecule has 0 unspecified atom stereocenters. The molecule has 0 radical (unpaired) electrons. The van der Waals surface area contributed by atoms with Crippen LogP contribution in [0.4, 0.5) is 5.69 Å². The number of thioether (sulfide) groups is 1. The number of nitrogens with one attached hydrogen (secondary N) is 2. The van der Waals surface area contributed by atoms with E-state index >= 15 is 0 Å². The number of aromatic nitrogens is 2. The Morgan fingerprint density at radius 2 is 1.95 bits per heavy atom. The Morgan fingerprint density at radius 1 is 1.27 bits per heavy atom. The van der Waals surface area contributed by atoms with Crippen LogP contribution in [0.5, 0.6) is 0 Å². The fourth-order valence-corrected chi connectivity index (χ4v) is 2.86. The Bertz CT molecular complexity index is 756. The molecule has 0 spiro atoms. The van der Waals surface area contributed by atoms with Gasteiger partial charge >= 0.3 is 5.69 Å². The molecule has 0 saturated heterocycles. The van der Waals surface area contributed by atoms with Gasteiger partial charge in [0, 0.05) is 11.4 Å². The Kier molecular flexibility index (Phi) is 5.11. The van der Waals surface area contributed by atoms with Crippen molar-refractivity contribution in [1.82, 2.24) is 9.97 Å². The first kappa shape index (κ1) is 16.0. The van der Waals surface area contributed by atoms with E-state index in [2.05, 4.69) is 15.3 Å². The lowest BCUT2D eigenvalue weighted by Gasteiger charge is -2.08. The maximum absolute atomic E-state index is 11.9. The lowest BCUT2D eigenvalue weighted by Crippen LogP contribution is -2.19. The van der Waals surface area contributed by atoms with Crippen molar-refractivity contribution in [2.45, 2.75) is 18.9 Å². The predicted octanol–water partition coefficient (Wildman–Crippen LogP) is 2.01. The molecular formula is C15H15N3O3S. The van der Waals surface area contributed by atoms with Gasteiger partial charge in [0.2, 0.25) is 5.91 Å². The van der Waals surface area contributed by atoms with E-state index in [1.807, 2.05) is 18.2 Å². The first-order valence-corrected chi connectivity index (χ1v) is 7.55. The van der Waals surface area contributed by atoms with Gasteiger partial charge in [-0.15, -0.1) is 0 Å². The SMILES string of the molecule is CC(=O)c1c(SCC(=O)Nc2ccccc2)nc(=O)[nH]c1C. The standard InChI is InChI=1S/C15H15N3O3S/c1-9-13(10(2)19)14(18-15(21)16-9)22-8-12(20)17-11-6-4-3-5-7-11/h3-7H,8H2,1-2H3,(H,17,20)(H,16,18,21). The smallest absolute Gasteiger partial charge is 0.325 e. The summed E-state index contributed by atoms with van der Waals surface area (Å²) in [5.41, 5.74) is 0.957. The minimum atomic E-state index is -0.534. The molecule has 2 rings (SSSR count). The van der Waals surface area contributed by atoms with Crippen molar-refractivity contribution in [3.8, 4) is 0 Å². The topological polar surface area (TPSA) is 91.9 Å². The van der Waals surface area contributed by atoms with Crippen LogP contribution in [0.3, 0.4) is 0 Å². The van der Waals surface area contributed by atoms with Crippen LogP contribution >= 0.6 is 11.8 Å². The molecule has 1 aromatic heterocycles. The number of anilines is 1. The van der Waals surface area contributed by atoms with Gasteiger partial charge in [-0.3, -0.25) is 9.59 Å². The average Bonchev–Trinajstić information content (AvgIpc) is 2.45. The second-order valence-electron chi connectivity index (χ2n) is 4.61. The number of carbonyl (C=O) groups is 2. The molecule has 2 aromatic rings. The zero-order valence-corrected chi connectivity index (χ0v) is 13.0. The number of aryl methyl sites for hydroxylation is 1. The third-order valence-corrected chi connectivity index (χ3v) is 3.81. The number of hydrogen-bond donors (Lipinski definition) is 2. The Labute approximate surface area is 131 Å². The van der Waals surface area contributed by atoms with Gasteiger partial charge in [-0.05, 0) is 26.0 Å². The first-order valence-electron chi connectivity index (χ1n) is 6.57. The zero-order valence-electron chi connectivity index (χ0n) is 12.2. The molecule has 1 aromatic carbocycles. The summed E-state index contributed by atoms with van der Waals surface area (Å²) in [4.78, 5) is 41.3. The monoisotopic (exact) mass is 317 g/mol. The summed E-state index contributed by atoms with van der Waals surface area (Å²) in [7, 11) is 0. The number of benzene rings is 1. The predicted molar refractivity (Wildman–Crippen MR) is 85.4 cm³/mol. The molecular weight excluding hydrogens is 302 g/mol. The summed E-state index contributed by atoms with van der Waals surface area (Å²) in [5, 5.41) is 3.01. The first-order chi connectivity index (χ1) is 10.5. The second-order valence-corrected chi connectivity index (χ2v) is 5.57. The normalized spacial score (nSPS) is 10.3. The molecule has 22 heavy (non-hydrogen) atoms. The summed E-state index contributed by atoms with van der Waals surface area (Å²) >= 11 is 1.07. The van der Waals surface area contributed by atoms with Gasteiger partial charge in [0.15, 0.2) is 5.78 Å². The van der Waals surface area contributed by atoms with E-state index in [9.17, 15) is 14.4 Å². The third kappa shape index (κ3) is 4.05. The van der Waals surface area contributed by atoms with Crippen molar-refractivity contribution >= 4 is 29.1 Å². The molecule has 114 valence electrons. The lowest BCUT2D eigenvalue weighted by molar-refractivity contribution is -0.113. The molecule has 0 aliphatic carbocycles.